The molecule has 0 aromatic rings. The molecule has 1 aliphatic rings. The predicted molar refractivity (Wildman–Crippen MR) is 70.1 cm³/mol. The summed E-state index contributed by atoms with van der Waals surface area (Å²) in [4.78, 5) is 13.8. The number of carbonyl (C=O) groups is 1. The lowest BCUT2D eigenvalue weighted by Gasteiger charge is -2.45. The van der Waals surface area contributed by atoms with Crippen molar-refractivity contribution >= 4 is 5.97 Å². The smallest absolute Gasteiger partial charge is 0.324 e. The number of hydrogen-bond donors (Lipinski definition) is 1. The van der Waals surface area contributed by atoms with Crippen molar-refractivity contribution in [2.75, 3.05) is 13.6 Å². The fourth-order valence-corrected chi connectivity index (χ4v) is 3.03. The lowest BCUT2D eigenvalue weighted by atomic mass is 9.72. The van der Waals surface area contributed by atoms with Gasteiger partial charge in [0.15, 0.2) is 0 Å². The molecule has 17 heavy (non-hydrogen) atoms. The Morgan fingerprint density at radius 3 is 2.59 bits per heavy atom. The first-order chi connectivity index (χ1) is 7.91. The largest absolute Gasteiger partial charge is 0.480 e. The van der Waals surface area contributed by atoms with Gasteiger partial charge >= 0.3 is 5.97 Å². The zero-order chi connectivity index (χ0) is 13.1. The highest BCUT2D eigenvalue weighted by atomic mass is 16.4. The van der Waals surface area contributed by atoms with Crippen LogP contribution in [0.1, 0.15) is 52.9 Å². The first-order valence-corrected chi connectivity index (χ1v) is 6.86. The molecular formula is C14H27NO2. The second-order valence-corrected chi connectivity index (χ2v) is 5.98. The Morgan fingerprint density at radius 2 is 2.12 bits per heavy atom. The summed E-state index contributed by atoms with van der Waals surface area (Å²) in [5.41, 5.74) is -0.618. The molecule has 3 heteroatoms. The van der Waals surface area contributed by atoms with Crippen LogP contribution in [0, 0.1) is 11.8 Å². The van der Waals surface area contributed by atoms with Crippen LogP contribution in [0.2, 0.25) is 0 Å². The van der Waals surface area contributed by atoms with Crippen molar-refractivity contribution in [2.45, 2.75) is 58.4 Å². The second-order valence-electron chi connectivity index (χ2n) is 5.98. The van der Waals surface area contributed by atoms with Gasteiger partial charge in [-0.1, -0.05) is 33.6 Å². The van der Waals surface area contributed by atoms with Crippen molar-refractivity contribution in [3.05, 3.63) is 0 Å². The van der Waals surface area contributed by atoms with Crippen LogP contribution in [0.5, 0.6) is 0 Å². The summed E-state index contributed by atoms with van der Waals surface area (Å²) in [5, 5.41) is 9.65. The topological polar surface area (TPSA) is 40.5 Å². The van der Waals surface area contributed by atoms with Crippen molar-refractivity contribution < 1.29 is 9.90 Å². The van der Waals surface area contributed by atoms with Gasteiger partial charge < -0.3 is 5.11 Å². The summed E-state index contributed by atoms with van der Waals surface area (Å²) >= 11 is 0. The maximum Gasteiger partial charge on any atom is 0.324 e. The maximum absolute atomic E-state index is 11.7. The number of nitrogens with zero attached hydrogens (tertiary/aromatic N) is 1. The lowest BCUT2D eigenvalue weighted by Crippen LogP contribution is -2.58. The monoisotopic (exact) mass is 241 g/mol. The van der Waals surface area contributed by atoms with E-state index in [0.717, 1.165) is 32.2 Å². The van der Waals surface area contributed by atoms with E-state index in [1.165, 1.54) is 6.42 Å². The van der Waals surface area contributed by atoms with Crippen LogP contribution in [-0.4, -0.2) is 35.1 Å². The lowest BCUT2D eigenvalue weighted by molar-refractivity contribution is -0.157. The standard InChI is InChI=1S/C14H27NO2/c1-11(2)8-10-15(4)14(13(16)17)9-6-5-7-12(14)3/h11-12H,5-10H2,1-4H3,(H,16,17). The van der Waals surface area contributed by atoms with Crippen molar-refractivity contribution in [3.63, 3.8) is 0 Å². The molecule has 1 saturated carbocycles. The van der Waals surface area contributed by atoms with Gasteiger partial charge in [-0.25, -0.2) is 0 Å². The molecule has 0 saturated heterocycles. The van der Waals surface area contributed by atoms with E-state index >= 15 is 0 Å². The molecule has 0 spiro atoms. The van der Waals surface area contributed by atoms with Crippen LogP contribution >= 0.6 is 0 Å². The third kappa shape index (κ3) is 3.01. The minimum absolute atomic E-state index is 0.255. The molecule has 1 N–H and O–H groups in total. The third-order valence-corrected chi connectivity index (χ3v) is 4.35. The SMILES string of the molecule is CC(C)CCN(C)C1(C(=O)O)CCCCC1C. The Balaban J connectivity index is 2.79. The van der Waals surface area contributed by atoms with Gasteiger partial charge in [-0.2, -0.15) is 0 Å². The van der Waals surface area contributed by atoms with Crippen LogP contribution in [0.4, 0.5) is 0 Å². The van der Waals surface area contributed by atoms with Gasteiger partial charge in [0.1, 0.15) is 5.54 Å². The fourth-order valence-electron chi connectivity index (χ4n) is 3.03. The molecule has 0 aromatic carbocycles. The molecule has 100 valence electrons. The minimum atomic E-state index is -0.629. The highest BCUT2D eigenvalue weighted by Gasteiger charge is 2.47. The first kappa shape index (κ1) is 14.5. The second kappa shape index (κ2) is 5.85. The predicted octanol–water partition coefficient (Wildman–Crippen LogP) is 3.00. The normalized spacial score (nSPS) is 29.9. The van der Waals surface area contributed by atoms with Crippen LogP contribution in [0.3, 0.4) is 0 Å². The van der Waals surface area contributed by atoms with Gasteiger partial charge in [0.25, 0.3) is 0 Å². The molecular weight excluding hydrogens is 214 g/mol. The molecule has 1 rings (SSSR count). The van der Waals surface area contributed by atoms with E-state index in [1.807, 2.05) is 7.05 Å². The third-order valence-electron chi connectivity index (χ3n) is 4.35. The van der Waals surface area contributed by atoms with Gasteiger partial charge in [-0.15, -0.1) is 0 Å². The Labute approximate surface area is 105 Å². The Hall–Kier alpha value is -0.570. The summed E-state index contributed by atoms with van der Waals surface area (Å²) in [6.45, 7) is 7.35. The molecule has 0 radical (unpaired) electrons. The quantitative estimate of drug-likeness (QED) is 0.804. The van der Waals surface area contributed by atoms with Crippen molar-refractivity contribution in [2.24, 2.45) is 11.8 Å². The van der Waals surface area contributed by atoms with Crippen LogP contribution in [0.25, 0.3) is 0 Å². The van der Waals surface area contributed by atoms with Gasteiger partial charge in [0.2, 0.25) is 0 Å². The zero-order valence-corrected chi connectivity index (χ0v) is 11.7. The molecule has 3 nitrogen and oxygen atoms in total. The highest BCUT2D eigenvalue weighted by Crippen LogP contribution is 2.38. The van der Waals surface area contributed by atoms with Crippen molar-refractivity contribution in [3.8, 4) is 0 Å². The van der Waals surface area contributed by atoms with E-state index in [4.69, 9.17) is 0 Å². The molecule has 0 bridgehead atoms. The van der Waals surface area contributed by atoms with Crippen LogP contribution in [-0.2, 0) is 4.79 Å². The summed E-state index contributed by atoms with van der Waals surface area (Å²) in [5.74, 6) is 0.254. The van der Waals surface area contributed by atoms with Gasteiger partial charge in [-0.3, -0.25) is 9.69 Å². The molecule has 0 aromatic heterocycles. The molecule has 2 unspecified atom stereocenters. The molecule has 1 fully saturated rings. The zero-order valence-electron chi connectivity index (χ0n) is 11.7. The summed E-state index contributed by atoms with van der Waals surface area (Å²) < 4.78 is 0. The summed E-state index contributed by atoms with van der Waals surface area (Å²) in [6, 6.07) is 0. The highest BCUT2D eigenvalue weighted by molar-refractivity contribution is 5.79. The Bertz CT molecular complexity index is 265. The number of rotatable bonds is 5. The van der Waals surface area contributed by atoms with E-state index in [2.05, 4.69) is 25.7 Å². The average Bonchev–Trinajstić information content (AvgIpc) is 2.26. The van der Waals surface area contributed by atoms with Crippen LogP contribution in [0.15, 0.2) is 0 Å². The van der Waals surface area contributed by atoms with E-state index < -0.39 is 11.5 Å². The number of aliphatic carboxylic acids is 1. The molecule has 0 aliphatic heterocycles. The van der Waals surface area contributed by atoms with Crippen LogP contribution < -0.4 is 0 Å². The molecule has 0 amide bonds. The molecule has 2 atom stereocenters. The first-order valence-electron chi connectivity index (χ1n) is 6.86. The average molecular weight is 241 g/mol. The number of hydrogen-bond acceptors (Lipinski definition) is 2. The van der Waals surface area contributed by atoms with Gasteiger partial charge in [0.05, 0.1) is 0 Å². The van der Waals surface area contributed by atoms with Crippen molar-refractivity contribution in [1.82, 2.24) is 4.90 Å². The van der Waals surface area contributed by atoms with Gasteiger partial charge in [0, 0.05) is 0 Å². The molecule has 0 heterocycles. The molecule has 1 aliphatic carbocycles. The van der Waals surface area contributed by atoms with Gasteiger partial charge in [-0.05, 0) is 44.7 Å². The number of carboxylic acids is 1. The fraction of sp³-hybridized carbons (Fsp3) is 0.929. The Kier molecular flexibility index (Phi) is 4.99. The van der Waals surface area contributed by atoms with Crippen molar-refractivity contribution in [1.29, 1.82) is 0 Å². The Morgan fingerprint density at radius 1 is 1.47 bits per heavy atom. The van der Waals surface area contributed by atoms with E-state index in [-0.39, 0.29) is 5.92 Å². The summed E-state index contributed by atoms with van der Waals surface area (Å²) in [7, 11) is 1.98. The number of carboxylic acid groups (broad SMARTS) is 1. The maximum atomic E-state index is 11.7. The van der Waals surface area contributed by atoms with E-state index in [0.29, 0.717) is 5.92 Å². The minimum Gasteiger partial charge on any atom is -0.480 e. The number of likely N-dealkylation sites (N-methyl/N-ethyl adjacent to an activating group) is 1. The summed E-state index contributed by atoms with van der Waals surface area (Å²) in [6.07, 6.45) is 5.13. The van der Waals surface area contributed by atoms with E-state index in [9.17, 15) is 9.90 Å². The van der Waals surface area contributed by atoms with E-state index in [1.54, 1.807) is 0 Å².